The summed E-state index contributed by atoms with van der Waals surface area (Å²) in [6, 6.07) is 0.0564. The minimum atomic E-state index is 0.0564. The van der Waals surface area contributed by atoms with Crippen LogP contribution in [-0.4, -0.2) is 109 Å². The van der Waals surface area contributed by atoms with E-state index in [4.69, 9.17) is 0 Å². The zero-order chi connectivity index (χ0) is 21.5. The molecule has 1 unspecified atom stereocenters. The van der Waals surface area contributed by atoms with Crippen molar-refractivity contribution in [3.8, 4) is 0 Å². The number of amides is 1. The number of likely N-dealkylation sites (tertiary alicyclic amines) is 1. The van der Waals surface area contributed by atoms with Gasteiger partial charge in [0.05, 0.1) is 6.04 Å². The van der Waals surface area contributed by atoms with E-state index < -0.39 is 0 Å². The molecule has 2 fully saturated rings. The summed E-state index contributed by atoms with van der Waals surface area (Å²) in [5.74, 6) is 2.13. The highest BCUT2D eigenvalue weighted by atomic mass is 32.1. The van der Waals surface area contributed by atoms with Crippen molar-refractivity contribution < 1.29 is 4.79 Å². The Morgan fingerprint density at radius 2 is 2.03 bits per heavy atom. The number of nitrogens with zero attached hydrogens (tertiary/aromatic N) is 7. The summed E-state index contributed by atoms with van der Waals surface area (Å²) in [6.45, 7) is 8.62. The van der Waals surface area contributed by atoms with Gasteiger partial charge in [0, 0.05) is 78.4 Å². The number of likely N-dealkylation sites (N-methyl/N-ethyl adjacent to an activating group) is 1. The van der Waals surface area contributed by atoms with Crippen LogP contribution in [0.25, 0.3) is 0 Å². The van der Waals surface area contributed by atoms with Gasteiger partial charge in [0.15, 0.2) is 5.96 Å². The van der Waals surface area contributed by atoms with Gasteiger partial charge in [-0.1, -0.05) is 6.92 Å². The molecule has 1 N–H and O–H groups in total. The smallest absolute Gasteiger partial charge is 0.239 e. The fraction of sp³-hybridized carbons (Fsp3) is 0.800. The average Bonchev–Trinajstić information content (AvgIpc) is 3.43. The van der Waals surface area contributed by atoms with Crippen molar-refractivity contribution >= 4 is 28.5 Å². The third-order valence-corrected chi connectivity index (χ3v) is 6.64. The summed E-state index contributed by atoms with van der Waals surface area (Å²) in [7, 11) is 5.54. The maximum atomic E-state index is 12.3. The van der Waals surface area contributed by atoms with Gasteiger partial charge in [-0.15, -0.1) is 0 Å². The summed E-state index contributed by atoms with van der Waals surface area (Å²) in [6.07, 6.45) is 3.97. The van der Waals surface area contributed by atoms with Crippen LogP contribution in [-0.2, 0) is 11.2 Å². The Hall–Kier alpha value is -1.94. The van der Waals surface area contributed by atoms with Crippen LogP contribution in [0.4, 0.5) is 5.13 Å². The van der Waals surface area contributed by atoms with Crippen LogP contribution < -0.4 is 10.2 Å². The summed E-state index contributed by atoms with van der Waals surface area (Å²) in [4.78, 5) is 30.1. The number of hydrogen-bond donors (Lipinski definition) is 1. The largest absolute Gasteiger partial charge is 0.356 e. The molecule has 2 aliphatic heterocycles. The topological polar surface area (TPSA) is 80.2 Å². The van der Waals surface area contributed by atoms with Gasteiger partial charge in [-0.25, -0.2) is 4.98 Å². The summed E-state index contributed by atoms with van der Waals surface area (Å²) in [5.41, 5.74) is 0. The highest BCUT2D eigenvalue weighted by Crippen LogP contribution is 2.20. The quantitative estimate of drug-likeness (QED) is 0.384. The van der Waals surface area contributed by atoms with Crippen LogP contribution in [0.3, 0.4) is 0 Å². The van der Waals surface area contributed by atoms with E-state index >= 15 is 0 Å². The van der Waals surface area contributed by atoms with Crippen molar-refractivity contribution in [1.29, 1.82) is 0 Å². The molecule has 1 atom stereocenters. The minimum absolute atomic E-state index is 0.0564. The number of piperazine rings is 1. The minimum Gasteiger partial charge on any atom is -0.356 e. The predicted molar refractivity (Wildman–Crippen MR) is 122 cm³/mol. The molecule has 0 bridgehead atoms. The zero-order valence-corrected chi connectivity index (χ0v) is 19.6. The lowest BCUT2D eigenvalue weighted by Crippen LogP contribution is -2.52. The molecule has 9 nitrogen and oxygen atoms in total. The number of carbonyl (C=O) groups excluding carboxylic acids is 1. The second-order valence-corrected chi connectivity index (χ2v) is 8.81. The van der Waals surface area contributed by atoms with Crippen LogP contribution in [0, 0.1) is 0 Å². The van der Waals surface area contributed by atoms with Crippen molar-refractivity contribution in [2.24, 2.45) is 4.99 Å². The van der Waals surface area contributed by atoms with Gasteiger partial charge in [0.2, 0.25) is 11.0 Å². The van der Waals surface area contributed by atoms with E-state index in [-0.39, 0.29) is 11.9 Å². The fourth-order valence-corrected chi connectivity index (χ4v) is 4.91. The highest BCUT2D eigenvalue weighted by Gasteiger charge is 2.31. The van der Waals surface area contributed by atoms with Crippen LogP contribution in [0.1, 0.15) is 32.0 Å². The van der Waals surface area contributed by atoms with Crippen molar-refractivity contribution in [3.63, 3.8) is 0 Å². The van der Waals surface area contributed by atoms with E-state index in [1.165, 1.54) is 11.5 Å². The normalized spacial score (nSPS) is 20.7. The van der Waals surface area contributed by atoms with E-state index in [0.29, 0.717) is 0 Å². The van der Waals surface area contributed by atoms with Crippen molar-refractivity contribution in [1.82, 2.24) is 29.4 Å². The first-order valence-corrected chi connectivity index (χ1v) is 11.8. The molecule has 0 spiro atoms. The number of carbonyl (C=O) groups is 1. The van der Waals surface area contributed by atoms with Crippen molar-refractivity contribution in [2.75, 3.05) is 71.9 Å². The third-order valence-electron chi connectivity index (χ3n) is 5.83. The van der Waals surface area contributed by atoms with Gasteiger partial charge in [0.25, 0.3) is 0 Å². The molecule has 3 rings (SSSR count). The number of rotatable bonds is 7. The number of guanidine groups is 1. The first-order chi connectivity index (χ1) is 14.5. The third kappa shape index (κ3) is 5.60. The van der Waals surface area contributed by atoms with E-state index in [1.807, 2.05) is 21.1 Å². The molecule has 0 aliphatic carbocycles. The second kappa shape index (κ2) is 10.9. The van der Waals surface area contributed by atoms with Gasteiger partial charge >= 0.3 is 0 Å². The van der Waals surface area contributed by atoms with Crippen LogP contribution in [0.5, 0.6) is 0 Å². The fourth-order valence-electron chi connectivity index (χ4n) is 4.11. The zero-order valence-electron chi connectivity index (χ0n) is 18.8. The van der Waals surface area contributed by atoms with E-state index in [2.05, 4.69) is 41.3 Å². The molecule has 10 heteroatoms. The summed E-state index contributed by atoms with van der Waals surface area (Å²) < 4.78 is 4.40. The molecular weight excluding hydrogens is 400 g/mol. The second-order valence-electron chi connectivity index (χ2n) is 8.08. The van der Waals surface area contributed by atoms with Gasteiger partial charge in [-0.2, -0.15) is 4.37 Å². The van der Waals surface area contributed by atoms with Gasteiger partial charge in [-0.05, 0) is 25.8 Å². The number of anilines is 1. The molecular formula is C20H36N8OS. The van der Waals surface area contributed by atoms with E-state index in [0.717, 1.165) is 88.4 Å². The molecule has 2 saturated heterocycles. The lowest BCUT2D eigenvalue weighted by molar-refractivity contribution is -0.133. The van der Waals surface area contributed by atoms with Crippen LogP contribution >= 0.6 is 11.5 Å². The molecule has 2 aliphatic rings. The Morgan fingerprint density at radius 1 is 1.27 bits per heavy atom. The monoisotopic (exact) mass is 436 g/mol. The highest BCUT2D eigenvalue weighted by molar-refractivity contribution is 7.09. The van der Waals surface area contributed by atoms with E-state index in [1.54, 1.807) is 4.90 Å². The predicted octanol–water partition coefficient (Wildman–Crippen LogP) is 0.741. The molecule has 0 saturated carbocycles. The lowest BCUT2D eigenvalue weighted by atomic mass is 10.2. The maximum Gasteiger partial charge on any atom is 0.239 e. The number of aryl methyl sites for hydroxylation is 1. The SMILES string of the molecule is CCc1nsc(N2CCN(C(=NC)NCCCN3CCCC3C(=O)N(C)C)CC2)n1. The molecule has 168 valence electrons. The summed E-state index contributed by atoms with van der Waals surface area (Å²) in [5, 5.41) is 4.54. The Bertz CT molecular complexity index is 713. The van der Waals surface area contributed by atoms with Crippen molar-refractivity contribution in [2.45, 2.75) is 38.6 Å². The standard InChI is InChI=1S/C20H36N8OS/c1-5-17-23-20(30-24-17)28-14-12-27(13-15-28)19(21-2)22-9-7-11-26-10-6-8-16(26)18(29)25(3)4/h16H,5-15H2,1-4H3,(H,21,22). The molecule has 1 aromatic heterocycles. The number of nitrogens with one attached hydrogen (secondary N) is 1. The molecule has 30 heavy (non-hydrogen) atoms. The Kier molecular flexibility index (Phi) is 8.26. The van der Waals surface area contributed by atoms with Crippen molar-refractivity contribution in [3.05, 3.63) is 5.82 Å². The maximum absolute atomic E-state index is 12.3. The average molecular weight is 437 g/mol. The molecule has 1 amide bonds. The van der Waals surface area contributed by atoms with E-state index in [9.17, 15) is 4.79 Å². The first-order valence-electron chi connectivity index (χ1n) is 11.0. The van der Waals surface area contributed by atoms with Gasteiger partial charge < -0.3 is 20.0 Å². The number of aromatic nitrogens is 2. The van der Waals surface area contributed by atoms with Gasteiger partial charge in [-0.3, -0.25) is 14.7 Å². The first kappa shape index (κ1) is 22.7. The van der Waals surface area contributed by atoms with Crippen LogP contribution in [0.2, 0.25) is 0 Å². The Balaban J connectivity index is 1.39. The summed E-state index contributed by atoms with van der Waals surface area (Å²) >= 11 is 1.50. The molecule has 1 aromatic rings. The number of hydrogen-bond acceptors (Lipinski definition) is 7. The Labute approximate surface area is 184 Å². The molecule has 0 radical (unpaired) electrons. The van der Waals surface area contributed by atoms with Gasteiger partial charge in [0.1, 0.15) is 5.82 Å². The molecule has 0 aromatic carbocycles. The Morgan fingerprint density at radius 3 is 2.67 bits per heavy atom. The molecule has 3 heterocycles. The number of aliphatic imine (C=N–C) groups is 1. The van der Waals surface area contributed by atoms with Crippen LogP contribution in [0.15, 0.2) is 4.99 Å². The lowest BCUT2D eigenvalue weighted by Gasteiger charge is -2.36.